The maximum Gasteiger partial charge on any atom is 0.416 e. The average molecular weight is 460 g/mol. The number of hydrogen-bond acceptors (Lipinski definition) is 3. The van der Waals surface area contributed by atoms with Gasteiger partial charge in [0.1, 0.15) is 5.60 Å². The van der Waals surface area contributed by atoms with Crippen LogP contribution in [0.25, 0.3) is 0 Å². The molecule has 0 saturated carbocycles. The number of halogens is 4. The molecule has 0 fully saturated rings. The Morgan fingerprint density at radius 2 is 1.93 bits per heavy atom. The highest BCUT2D eigenvalue weighted by molar-refractivity contribution is 9.10. The van der Waals surface area contributed by atoms with Crippen molar-refractivity contribution in [2.24, 2.45) is 0 Å². The lowest BCUT2D eigenvalue weighted by atomic mass is 10.1. The van der Waals surface area contributed by atoms with Gasteiger partial charge in [-0.2, -0.15) is 13.2 Å². The summed E-state index contributed by atoms with van der Waals surface area (Å²) in [5.74, 6) is 0. The Labute approximate surface area is 169 Å². The van der Waals surface area contributed by atoms with Crippen molar-refractivity contribution in [3.63, 3.8) is 0 Å². The molecule has 1 amide bonds. The quantitative estimate of drug-likeness (QED) is 0.634. The third kappa shape index (κ3) is 4.51. The Balaban J connectivity index is 1.84. The first-order valence-electron chi connectivity index (χ1n) is 8.82. The molecule has 1 aromatic heterocycles. The minimum atomic E-state index is -4.42. The maximum absolute atomic E-state index is 13.3. The Bertz CT molecular complexity index is 888. The van der Waals surface area contributed by atoms with E-state index in [1.165, 1.54) is 12.1 Å². The topological polar surface area (TPSA) is 47.4 Å². The van der Waals surface area contributed by atoms with Gasteiger partial charge in [0.05, 0.1) is 24.3 Å². The van der Waals surface area contributed by atoms with E-state index in [-0.39, 0.29) is 18.7 Å². The molecular formula is C19H21BrF3N3O2. The zero-order valence-electron chi connectivity index (χ0n) is 15.8. The third-order valence-corrected chi connectivity index (χ3v) is 4.98. The van der Waals surface area contributed by atoms with Crippen LogP contribution in [0.1, 0.15) is 43.3 Å². The van der Waals surface area contributed by atoms with Gasteiger partial charge in [-0.25, -0.2) is 9.78 Å². The number of hydrogen-bond donors (Lipinski definition) is 0. The van der Waals surface area contributed by atoms with Crippen molar-refractivity contribution < 1.29 is 22.7 Å². The lowest BCUT2D eigenvalue weighted by molar-refractivity contribution is -0.138. The molecule has 9 heteroatoms. The van der Waals surface area contributed by atoms with Crippen LogP contribution >= 0.6 is 15.9 Å². The van der Waals surface area contributed by atoms with Crippen LogP contribution < -0.4 is 0 Å². The highest BCUT2D eigenvalue weighted by atomic mass is 79.9. The molecule has 28 heavy (non-hydrogen) atoms. The number of nitrogens with zero attached hydrogens (tertiary/aromatic N) is 3. The summed E-state index contributed by atoms with van der Waals surface area (Å²) in [6.45, 7) is 6.11. The molecule has 0 N–H and O–H groups in total. The molecule has 0 bridgehead atoms. The van der Waals surface area contributed by atoms with Crippen LogP contribution in [-0.4, -0.2) is 32.7 Å². The van der Waals surface area contributed by atoms with Crippen LogP contribution in [0.3, 0.4) is 0 Å². The number of carbonyl (C=O) groups excluding carboxylic acids is 1. The van der Waals surface area contributed by atoms with E-state index < -0.39 is 23.4 Å². The average Bonchev–Trinajstić information content (AvgIpc) is 2.88. The van der Waals surface area contributed by atoms with Gasteiger partial charge >= 0.3 is 12.3 Å². The monoisotopic (exact) mass is 459 g/mol. The van der Waals surface area contributed by atoms with Crippen LogP contribution in [0.5, 0.6) is 0 Å². The van der Waals surface area contributed by atoms with Gasteiger partial charge in [0.25, 0.3) is 0 Å². The van der Waals surface area contributed by atoms with E-state index in [1.54, 1.807) is 36.3 Å². The second kappa shape index (κ2) is 7.42. The first kappa shape index (κ1) is 20.7. The van der Waals surface area contributed by atoms with Crippen molar-refractivity contribution in [2.75, 3.05) is 6.54 Å². The molecule has 152 valence electrons. The SMILES string of the molecule is CC(C)(C)OC(=O)N1CCc2c(nc(Br)n2Cc2ccccc2C(F)(F)F)C1. The number of rotatable bonds is 2. The molecule has 0 unspecified atom stereocenters. The predicted molar refractivity (Wildman–Crippen MR) is 101 cm³/mol. The number of ether oxygens (including phenoxy) is 1. The lowest BCUT2D eigenvalue weighted by Crippen LogP contribution is -2.40. The highest BCUT2D eigenvalue weighted by Crippen LogP contribution is 2.33. The largest absolute Gasteiger partial charge is 0.444 e. The number of fused-ring (bicyclic) bond motifs is 1. The Morgan fingerprint density at radius 1 is 1.25 bits per heavy atom. The summed E-state index contributed by atoms with van der Waals surface area (Å²) in [6.07, 6.45) is -4.36. The molecule has 0 spiro atoms. The predicted octanol–water partition coefficient (Wildman–Crippen LogP) is 5.01. The van der Waals surface area contributed by atoms with Gasteiger partial charge in [0.15, 0.2) is 4.73 Å². The Hall–Kier alpha value is -2.03. The molecule has 2 heterocycles. The third-order valence-electron chi connectivity index (χ3n) is 4.37. The van der Waals surface area contributed by atoms with Gasteiger partial charge in [-0.05, 0) is 48.3 Å². The van der Waals surface area contributed by atoms with E-state index in [1.807, 2.05) is 0 Å². The minimum absolute atomic E-state index is 0.0467. The number of alkyl halides is 3. The Morgan fingerprint density at radius 3 is 2.57 bits per heavy atom. The summed E-state index contributed by atoms with van der Waals surface area (Å²) in [5.41, 5.74) is 0.400. The van der Waals surface area contributed by atoms with E-state index >= 15 is 0 Å². The number of carbonyl (C=O) groups is 1. The van der Waals surface area contributed by atoms with E-state index in [4.69, 9.17) is 4.74 Å². The molecule has 0 saturated heterocycles. The number of aromatic nitrogens is 2. The Kier molecular flexibility index (Phi) is 5.49. The molecule has 1 aliphatic rings. The standard InChI is InChI=1S/C19H21BrF3N3O2/c1-18(2,3)28-17(27)25-9-8-15-14(11-25)24-16(20)26(15)10-12-6-4-5-7-13(12)19(21,22)23/h4-7H,8-11H2,1-3H3. The lowest BCUT2D eigenvalue weighted by Gasteiger charge is -2.30. The van der Waals surface area contributed by atoms with E-state index in [9.17, 15) is 18.0 Å². The molecule has 2 aromatic rings. The van der Waals surface area contributed by atoms with Gasteiger partial charge < -0.3 is 14.2 Å². The molecule has 0 atom stereocenters. The van der Waals surface area contributed by atoms with Gasteiger partial charge in [-0.15, -0.1) is 0 Å². The first-order valence-corrected chi connectivity index (χ1v) is 9.62. The summed E-state index contributed by atoms with van der Waals surface area (Å²) in [4.78, 5) is 18.3. The van der Waals surface area contributed by atoms with E-state index in [0.717, 1.165) is 11.8 Å². The van der Waals surface area contributed by atoms with Gasteiger partial charge in [0.2, 0.25) is 0 Å². The van der Waals surface area contributed by atoms with Crippen molar-refractivity contribution in [2.45, 2.75) is 52.1 Å². The van der Waals surface area contributed by atoms with Crippen molar-refractivity contribution >= 4 is 22.0 Å². The summed E-state index contributed by atoms with van der Waals surface area (Å²) < 4.78 is 47.5. The number of imidazole rings is 1. The summed E-state index contributed by atoms with van der Waals surface area (Å²) in [7, 11) is 0. The zero-order chi connectivity index (χ0) is 20.7. The van der Waals surface area contributed by atoms with E-state index in [0.29, 0.717) is 23.4 Å². The van der Waals surface area contributed by atoms with Crippen molar-refractivity contribution in [3.8, 4) is 0 Å². The number of benzene rings is 1. The summed E-state index contributed by atoms with van der Waals surface area (Å²) in [6, 6.07) is 5.52. The fourth-order valence-electron chi connectivity index (χ4n) is 3.16. The van der Waals surface area contributed by atoms with E-state index in [2.05, 4.69) is 20.9 Å². The minimum Gasteiger partial charge on any atom is -0.444 e. The molecule has 0 radical (unpaired) electrons. The second-order valence-electron chi connectivity index (χ2n) is 7.67. The smallest absolute Gasteiger partial charge is 0.416 e. The second-order valence-corrected chi connectivity index (χ2v) is 8.38. The summed E-state index contributed by atoms with van der Waals surface area (Å²) >= 11 is 3.35. The number of amides is 1. The zero-order valence-corrected chi connectivity index (χ0v) is 17.4. The first-order chi connectivity index (χ1) is 13.0. The molecule has 0 aliphatic carbocycles. The fourth-order valence-corrected chi connectivity index (χ4v) is 3.71. The maximum atomic E-state index is 13.3. The van der Waals surface area contributed by atoms with Crippen LogP contribution in [0.15, 0.2) is 29.0 Å². The van der Waals surface area contributed by atoms with Crippen LogP contribution in [0, 0.1) is 0 Å². The van der Waals surface area contributed by atoms with Gasteiger partial charge in [-0.3, -0.25) is 0 Å². The fraction of sp³-hybridized carbons (Fsp3) is 0.474. The molecular weight excluding hydrogens is 439 g/mol. The van der Waals surface area contributed by atoms with Crippen LogP contribution in [-0.2, 0) is 30.4 Å². The van der Waals surface area contributed by atoms with Gasteiger partial charge in [0, 0.05) is 18.7 Å². The van der Waals surface area contributed by atoms with Crippen LogP contribution in [0.2, 0.25) is 0 Å². The molecule has 1 aromatic carbocycles. The molecule has 1 aliphatic heterocycles. The van der Waals surface area contributed by atoms with Crippen molar-refractivity contribution in [3.05, 3.63) is 51.5 Å². The van der Waals surface area contributed by atoms with Gasteiger partial charge in [-0.1, -0.05) is 18.2 Å². The highest BCUT2D eigenvalue weighted by Gasteiger charge is 2.34. The normalized spacial score (nSPS) is 14.8. The van der Waals surface area contributed by atoms with Crippen molar-refractivity contribution in [1.29, 1.82) is 0 Å². The molecule has 3 rings (SSSR count). The molecule has 5 nitrogen and oxygen atoms in total. The van der Waals surface area contributed by atoms with Crippen molar-refractivity contribution in [1.82, 2.24) is 14.5 Å². The van der Waals surface area contributed by atoms with Crippen LogP contribution in [0.4, 0.5) is 18.0 Å². The summed E-state index contributed by atoms with van der Waals surface area (Å²) in [5, 5.41) is 0.